The molecule has 0 bridgehead atoms. The van der Waals surface area contributed by atoms with Gasteiger partial charge in [-0.15, -0.1) is 0 Å². The highest BCUT2D eigenvalue weighted by molar-refractivity contribution is 6.30. The molecule has 0 saturated heterocycles. The molecule has 3 aromatic heterocycles. The first-order chi connectivity index (χ1) is 19.4. The molecule has 40 heavy (non-hydrogen) atoms. The maximum Gasteiger partial charge on any atom is 0.269 e. The lowest BCUT2D eigenvalue weighted by Crippen LogP contribution is -2.28. The predicted octanol–water partition coefficient (Wildman–Crippen LogP) is 3.14. The molecule has 206 valence electrons. The summed E-state index contributed by atoms with van der Waals surface area (Å²) in [6.07, 6.45) is 2.98. The number of aromatic amines is 1. The second kappa shape index (κ2) is 11.5. The molecule has 12 nitrogen and oxygen atoms in total. The Balaban J connectivity index is 1.24. The van der Waals surface area contributed by atoms with E-state index in [0.717, 1.165) is 5.56 Å². The number of nitrogens with zero attached hydrogens (tertiary/aromatic N) is 5. The molecule has 13 heteroatoms. The number of methoxy groups -OCH3 is 3. The molecule has 0 aliphatic heterocycles. The van der Waals surface area contributed by atoms with E-state index in [1.807, 2.05) is 12.1 Å². The Bertz CT molecular complexity index is 1700. The van der Waals surface area contributed by atoms with Crippen LogP contribution in [0, 0.1) is 0 Å². The fourth-order valence-electron chi connectivity index (χ4n) is 4.25. The van der Waals surface area contributed by atoms with Crippen molar-refractivity contribution in [3.63, 3.8) is 0 Å². The molecule has 2 aromatic carbocycles. The minimum atomic E-state index is -0.346. The van der Waals surface area contributed by atoms with E-state index in [0.29, 0.717) is 57.7 Å². The molecule has 0 atom stereocenters. The van der Waals surface area contributed by atoms with Crippen LogP contribution in [0.1, 0.15) is 16.1 Å². The minimum absolute atomic E-state index is 0.202. The standard InChI is InChI=1S/C27H26ClN7O5/c1-38-22-10-17(11-23(39-2)24(22)40-3)20-12-21(33-32-20)26(36)29-8-9-35-25-19(13-31-35)27(37)34(15-30-25)14-16-4-6-18(28)7-5-16/h4-7,10-13,15H,8-9,14H2,1-3H3,(H,29,36)(H,32,33). The summed E-state index contributed by atoms with van der Waals surface area (Å²) in [6, 6.07) is 12.4. The second-order valence-corrected chi connectivity index (χ2v) is 9.18. The molecule has 0 aliphatic carbocycles. The van der Waals surface area contributed by atoms with Crippen LogP contribution in [0.2, 0.25) is 5.02 Å². The smallest absolute Gasteiger partial charge is 0.269 e. The van der Waals surface area contributed by atoms with E-state index in [-0.39, 0.29) is 23.7 Å². The van der Waals surface area contributed by atoms with Gasteiger partial charge in [0.1, 0.15) is 17.4 Å². The first-order valence-corrected chi connectivity index (χ1v) is 12.6. The number of carbonyl (C=O) groups is 1. The van der Waals surface area contributed by atoms with Gasteiger partial charge in [-0.05, 0) is 35.9 Å². The van der Waals surface area contributed by atoms with Gasteiger partial charge in [0.25, 0.3) is 11.5 Å². The molecule has 0 saturated carbocycles. The van der Waals surface area contributed by atoms with Crippen LogP contribution in [0.25, 0.3) is 22.3 Å². The maximum absolute atomic E-state index is 13.0. The summed E-state index contributed by atoms with van der Waals surface area (Å²) < 4.78 is 19.3. The Kier molecular flexibility index (Phi) is 7.69. The summed E-state index contributed by atoms with van der Waals surface area (Å²) in [5.74, 6) is 1.06. The number of aromatic nitrogens is 6. The molecular weight excluding hydrogens is 538 g/mol. The molecule has 0 fully saturated rings. The third kappa shape index (κ3) is 5.34. The van der Waals surface area contributed by atoms with Gasteiger partial charge in [-0.1, -0.05) is 23.7 Å². The number of H-pyrrole nitrogens is 1. The minimum Gasteiger partial charge on any atom is -0.493 e. The highest BCUT2D eigenvalue weighted by Gasteiger charge is 2.17. The van der Waals surface area contributed by atoms with Crippen molar-refractivity contribution in [2.75, 3.05) is 27.9 Å². The van der Waals surface area contributed by atoms with Crippen molar-refractivity contribution in [1.82, 2.24) is 34.8 Å². The highest BCUT2D eigenvalue weighted by Crippen LogP contribution is 2.40. The lowest BCUT2D eigenvalue weighted by molar-refractivity contribution is 0.0947. The number of rotatable bonds is 10. The van der Waals surface area contributed by atoms with Crippen LogP contribution in [0.3, 0.4) is 0 Å². The second-order valence-electron chi connectivity index (χ2n) is 8.75. The first-order valence-electron chi connectivity index (χ1n) is 12.2. The van der Waals surface area contributed by atoms with Crippen molar-refractivity contribution in [3.05, 3.63) is 81.6 Å². The van der Waals surface area contributed by atoms with Crippen molar-refractivity contribution >= 4 is 28.5 Å². The Morgan fingerprint density at radius 2 is 1.77 bits per heavy atom. The fraction of sp³-hybridized carbons (Fsp3) is 0.222. The average molecular weight is 564 g/mol. The van der Waals surface area contributed by atoms with Gasteiger partial charge in [0.05, 0.1) is 46.3 Å². The van der Waals surface area contributed by atoms with Crippen LogP contribution in [0.4, 0.5) is 0 Å². The van der Waals surface area contributed by atoms with Gasteiger partial charge < -0.3 is 19.5 Å². The van der Waals surface area contributed by atoms with Gasteiger partial charge in [0, 0.05) is 17.1 Å². The van der Waals surface area contributed by atoms with Gasteiger partial charge in [-0.2, -0.15) is 10.2 Å². The zero-order valence-electron chi connectivity index (χ0n) is 22.0. The normalized spacial score (nSPS) is 11.0. The monoisotopic (exact) mass is 563 g/mol. The lowest BCUT2D eigenvalue weighted by Gasteiger charge is -2.13. The molecule has 0 unspecified atom stereocenters. The van der Waals surface area contributed by atoms with Crippen molar-refractivity contribution in [2.24, 2.45) is 0 Å². The fourth-order valence-corrected chi connectivity index (χ4v) is 4.37. The number of fused-ring (bicyclic) bond motifs is 1. The molecule has 1 amide bonds. The summed E-state index contributed by atoms with van der Waals surface area (Å²) in [7, 11) is 4.58. The number of ether oxygens (including phenoxy) is 3. The van der Waals surface area contributed by atoms with Gasteiger partial charge in [0.2, 0.25) is 5.75 Å². The Morgan fingerprint density at radius 3 is 2.45 bits per heavy atom. The van der Waals surface area contributed by atoms with Crippen LogP contribution in [0.15, 0.2) is 59.8 Å². The summed E-state index contributed by atoms with van der Waals surface area (Å²) in [5, 5.41) is 15.2. The predicted molar refractivity (Wildman–Crippen MR) is 148 cm³/mol. The van der Waals surface area contributed by atoms with E-state index in [1.54, 1.807) is 35.0 Å². The highest BCUT2D eigenvalue weighted by atomic mass is 35.5. The van der Waals surface area contributed by atoms with E-state index in [1.165, 1.54) is 38.4 Å². The van der Waals surface area contributed by atoms with E-state index < -0.39 is 0 Å². The topological polar surface area (TPSA) is 138 Å². The molecule has 3 heterocycles. The summed E-state index contributed by atoms with van der Waals surface area (Å²) >= 11 is 5.94. The average Bonchev–Trinajstić information content (AvgIpc) is 3.63. The number of halogens is 1. The summed E-state index contributed by atoms with van der Waals surface area (Å²) in [4.78, 5) is 30.1. The van der Waals surface area contributed by atoms with Crippen molar-refractivity contribution < 1.29 is 19.0 Å². The SMILES string of the molecule is COc1cc(-c2cc(C(=O)NCCn3ncc4c(=O)n(Cc5ccc(Cl)cc5)cnc43)[nH]n2)cc(OC)c1OC. The first kappa shape index (κ1) is 26.8. The lowest BCUT2D eigenvalue weighted by atomic mass is 10.1. The third-order valence-corrected chi connectivity index (χ3v) is 6.53. The molecular formula is C27H26ClN7O5. The number of benzene rings is 2. The Hall–Kier alpha value is -4.84. The molecule has 0 spiro atoms. The number of hydrogen-bond donors (Lipinski definition) is 2. The van der Waals surface area contributed by atoms with Crippen molar-refractivity contribution in [2.45, 2.75) is 13.1 Å². The van der Waals surface area contributed by atoms with Crippen LogP contribution < -0.4 is 25.1 Å². The quantitative estimate of drug-likeness (QED) is 0.264. The zero-order valence-corrected chi connectivity index (χ0v) is 22.7. The number of carbonyl (C=O) groups excluding carboxylic acids is 1. The van der Waals surface area contributed by atoms with Crippen LogP contribution in [-0.2, 0) is 13.1 Å². The molecule has 5 rings (SSSR count). The van der Waals surface area contributed by atoms with E-state index in [2.05, 4.69) is 25.6 Å². The number of hydrogen-bond acceptors (Lipinski definition) is 8. The number of nitrogens with one attached hydrogen (secondary N) is 2. The largest absolute Gasteiger partial charge is 0.493 e. The van der Waals surface area contributed by atoms with Gasteiger partial charge in [0.15, 0.2) is 17.1 Å². The van der Waals surface area contributed by atoms with Gasteiger partial charge in [-0.3, -0.25) is 19.3 Å². The Morgan fingerprint density at radius 1 is 1.05 bits per heavy atom. The molecule has 0 radical (unpaired) electrons. The van der Waals surface area contributed by atoms with Crippen molar-refractivity contribution in [1.29, 1.82) is 0 Å². The third-order valence-electron chi connectivity index (χ3n) is 6.28. The van der Waals surface area contributed by atoms with E-state index in [9.17, 15) is 9.59 Å². The number of amides is 1. The zero-order chi connectivity index (χ0) is 28.2. The molecule has 5 aromatic rings. The van der Waals surface area contributed by atoms with Crippen molar-refractivity contribution in [3.8, 4) is 28.5 Å². The van der Waals surface area contributed by atoms with Crippen LogP contribution in [0.5, 0.6) is 17.2 Å². The van der Waals surface area contributed by atoms with Crippen LogP contribution in [-0.4, -0.2) is 63.3 Å². The van der Waals surface area contributed by atoms with E-state index >= 15 is 0 Å². The summed E-state index contributed by atoms with van der Waals surface area (Å²) in [6.45, 7) is 0.933. The Labute approximate surface area is 233 Å². The summed E-state index contributed by atoms with van der Waals surface area (Å²) in [5.41, 5.74) is 2.65. The van der Waals surface area contributed by atoms with E-state index in [4.69, 9.17) is 25.8 Å². The van der Waals surface area contributed by atoms with Gasteiger partial charge >= 0.3 is 0 Å². The maximum atomic E-state index is 13.0. The van der Waals surface area contributed by atoms with Gasteiger partial charge in [-0.25, -0.2) is 9.67 Å². The molecule has 2 N–H and O–H groups in total. The van der Waals surface area contributed by atoms with Crippen LogP contribution >= 0.6 is 11.6 Å². The molecule has 0 aliphatic rings.